The van der Waals surface area contributed by atoms with Gasteiger partial charge in [-0.1, -0.05) is 5.92 Å². The number of likely N-dealkylation sites (N-methyl/N-ethyl adjacent to an activating group) is 1. The topological polar surface area (TPSA) is 61.0 Å². The molecule has 112 valence electrons. The number of nitrogens with zero attached hydrogens (tertiary/aromatic N) is 2. The van der Waals surface area contributed by atoms with Crippen molar-refractivity contribution in [2.24, 2.45) is 0 Å². The first-order chi connectivity index (χ1) is 10.6. The second-order valence-corrected chi connectivity index (χ2v) is 5.54. The normalized spacial score (nSPS) is 20.3. The number of H-pyrrole nitrogens is 1. The van der Waals surface area contributed by atoms with Crippen LogP contribution in [0.4, 0.5) is 0 Å². The van der Waals surface area contributed by atoms with Crippen molar-refractivity contribution >= 4 is 16.9 Å². The van der Waals surface area contributed by atoms with E-state index in [0.717, 1.165) is 16.6 Å². The summed E-state index contributed by atoms with van der Waals surface area (Å²) in [5.41, 5.74) is 2.63. The summed E-state index contributed by atoms with van der Waals surface area (Å²) in [6.07, 6.45) is 10.9. The number of aromatic amines is 1. The molecule has 0 fully saturated rings. The molecule has 2 unspecified atom stereocenters. The number of rotatable bonds is 3. The first-order valence-corrected chi connectivity index (χ1v) is 7.21. The molecule has 0 bridgehead atoms. The number of pyridine rings is 1. The average Bonchev–Trinajstić information content (AvgIpc) is 3.12. The van der Waals surface area contributed by atoms with Gasteiger partial charge in [0.15, 0.2) is 0 Å². The van der Waals surface area contributed by atoms with Gasteiger partial charge in [-0.3, -0.25) is 4.79 Å². The Bertz CT molecular complexity index is 783. The molecule has 2 N–H and O–H groups in total. The number of terminal acetylenes is 1. The molecule has 22 heavy (non-hydrogen) atoms. The van der Waals surface area contributed by atoms with Gasteiger partial charge >= 0.3 is 0 Å². The monoisotopic (exact) mass is 294 g/mol. The Labute approximate surface area is 129 Å². The third-order valence-corrected chi connectivity index (χ3v) is 4.03. The van der Waals surface area contributed by atoms with E-state index in [9.17, 15) is 4.79 Å². The number of carbonyl (C=O) groups is 1. The molecule has 3 rings (SSSR count). The maximum Gasteiger partial charge on any atom is 0.270 e. The van der Waals surface area contributed by atoms with E-state index in [-0.39, 0.29) is 17.9 Å². The second kappa shape index (κ2) is 5.57. The van der Waals surface area contributed by atoms with E-state index in [4.69, 9.17) is 6.42 Å². The van der Waals surface area contributed by atoms with Crippen molar-refractivity contribution < 1.29 is 4.79 Å². The van der Waals surface area contributed by atoms with E-state index in [1.165, 1.54) is 4.90 Å². The summed E-state index contributed by atoms with van der Waals surface area (Å²) in [5, 5.41) is 4.36. The van der Waals surface area contributed by atoms with Gasteiger partial charge in [-0.05, 0) is 30.7 Å². The van der Waals surface area contributed by atoms with Crippen LogP contribution < -0.4 is 5.32 Å². The minimum absolute atomic E-state index is 0.0772. The van der Waals surface area contributed by atoms with E-state index >= 15 is 0 Å². The Hall–Kier alpha value is -2.74. The van der Waals surface area contributed by atoms with Crippen LogP contribution in [0.2, 0.25) is 0 Å². The summed E-state index contributed by atoms with van der Waals surface area (Å²) in [5.74, 6) is 2.53. The molecule has 2 atom stereocenters. The van der Waals surface area contributed by atoms with Gasteiger partial charge in [0.1, 0.15) is 5.65 Å². The van der Waals surface area contributed by atoms with Crippen LogP contribution >= 0.6 is 0 Å². The van der Waals surface area contributed by atoms with Crippen LogP contribution in [0.25, 0.3) is 11.0 Å². The summed E-state index contributed by atoms with van der Waals surface area (Å²) in [6.45, 7) is 2.37. The minimum atomic E-state index is -0.0772. The van der Waals surface area contributed by atoms with Gasteiger partial charge in [0.2, 0.25) is 0 Å². The first kappa shape index (κ1) is 14.2. The molecule has 0 radical (unpaired) electrons. The predicted molar refractivity (Wildman–Crippen MR) is 86.0 cm³/mol. The number of aromatic nitrogens is 2. The van der Waals surface area contributed by atoms with Crippen LogP contribution in [0.15, 0.2) is 36.3 Å². The Morgan fingerprint density at radius 2 is 2.32 bits per heavy atom. The van der Waals surface area contributed by atoms with Crippen molar-refractivity contribution in [2.75, 3.05) is 13.6 Å². The number of hydrogen-bond donors (Lipinski definition) is 2. The molecule has 5 nitrogen and oxygen atoms in total. The molecule has 0 aliphatic carbocycles. The Morgan fingerprint density at radius 3 is 3.09 bits per heavy atom. The molecule has 1 amide bonds. The quantitative estimate of drug-likeness (QED) is 0.846. The fraction of sp³-hybridized carbons (Fsp3) is 0.294. The van der Waals surface area contributed by atoms with E-state index in [2.05, 4.69) is 28.1 Å². The van der Waals surface area contributed by atoms with Crippen molar-refractivity contribution in [1.82, 2.24) is 20.2 Å². The van der Waals surface area contributed by atoms with Gasteiger partial charge in [-0.15, -0.1) is 6.42 Å². The maximum atomic E-state index is 12.4. The van der Waals surface area contributed by atoms with E-state index < -0.39 is 0 Å². The number of hydrogen-bond acceptors (Lipinski definition) is 3. The zero-order valence-electron chi connectivity index (χ0n) is 12.6. The van der Waals surface area contributed by atoms with Crippen molar-refractivity contribution in [1.29, 1.82) is 0 Å². The van der Waals surface area contributed by atoms with Gasteiger partial charge in [0.05, 0.1) is 12.2 Å². The highest BCUT2D eigenvalue weighted by Gasteiger charge is 2.30. The smallest absolute Gasteiger partial charge is 0.270 e. The molecule has 0 saturated heterocycles. The summed E-state index contributed by atoms with van der Waals surface area (Å²) in [6, 6.07) is 4.16. The highest BCUT2D eigenvalue weighted by Crippen LogP contribution is 2.32. The minimum Gasteiger partial charge on any atom is -0.377 e. The lowest BCUT2D eigenvalue weighted by Gasteiger charge is -2.18. The Balaban J connectivity index is 1.93. The molecule has 1 aliphatic rings. The number of amides is 1. The molecule has 1 aliphatic heterocycles. The van der Waals surface area contributed by atoms with Crippen molar-refractivity contribution in [3.8, 4) is 12.3 Å². The molecule has 0 aromatic carbocycles. The van der Waals surface area contributed by atoms with Crippen LogP contribution in [-0.4, -0.2) is 40.4 Å². The lowest BCUT2D eigenvalue weighted by Crippen LogP contribution is -2.34. The highest BCUT2D eigenvalue weighted by atomic mass is 16.2. The van der Waals surface area contributed by atoms with Crippen LogP contribution in [0, 0.1) is 12.3 Å². The van der Waals surface area contributed by atoms with E-state index in [0.29, 0.717) is 12.2 Å². The Kier molecular flexibility index (Phi) is 3.60. The number of carbonyl (C=O) groups excluding carboxylic acids is 1. The zero-order valence-corrected chi connectivity index (χ0v) is 12.6. The van der Waals surface area contributed by atoms with Gasteiger partial charge in [0.25, 0.3) is 5.91 Å². The lowest BCUT2D eigenvalue weighted by molar-refractivity contribution is -0.125. The third-order valence-electron chi connectivity index (χ3n) is 4.03. The molecule has 2 aromatic rings. The van der Waals surface area contributed by atoms with Gasteiger partial charge in [-0.25, -0.2) is 4.98 Å². The molecule has 5 heteroatoms. The van der Waals surface area contributed by atoms with Crippen LogP contribution in [0.1, 0.15) is 18.4 Å². The summed E-state index contributed by atoms with van der Waals surface area (Å²) in [4.78, 5) is 21.3. The predicted octanol–water partition coefficient (Wildman–Crippen LogP) is 1.61. The molecular formula is C17H18N4O. The molecular weight excluding hydrogens is 276 g/mol. The van der Waals surface area contributed by atoms with Crippen LogP contribution in [-0.2, 0) is 4.79 Å². The molecule has 2 aromatic heterocycles. The molecule has 0 saturated carbocycles. The highest BCUT2D eigenvalue weighted by molar-refractivity contribution is 5.94. The maximum absolute atomic E-state index is 12.4. The third kappa shape index (κ3) is 2.33. The summed E-state index contributed by atoms with van der Waals surface area (Å²) >= 11 is 0. The van der Waals surface area contributed by atoms with Crippen molar-refractivity contribution in [2.45, 2.75) is 18.9 Å². The SMILES string of the molecule is C#CCN(C)C(=O)C1=CC(c2ccnc3[nH]ccc23)C(C)N1. The van der Waals surface area contributed by atoms with Crippen molar-refractivity contribution in [3.63, 3.8) is 0 Å². The van der Waals surface area contributed by atoms with E-state index in [1.54, 1.807) is 13.2 Å². The lowest BCUT2D eigenvalue weighted by atomic mass is 9.93. The van der Waals surface area contributed by atoms with E-state index in [1.807, 2.05) is 24.4 Å². The number of fused-ring (bicyclic) bond motifs is 1. The Morgan fingerprint density at radius 1 is 1.50 bits per heavy atom. The number of nitrogens with one attached hydrogen (secondary N) is 2. The summed E-state index contributed by atoms with van der Waals surface area (Å²) < 4.78 is 0. The van der Waals surface area contributed by atoms with Crippen LogP contribution in [0.3, 0.4) is 0 Å². The zero-order chi connectivity index (χ0) is 15.7. The molecule has 0 spiro atoms. The van der Waals surface area contributed by atoms with Gasteiger partial charge in [-0.2, -0.15) is 0 Å². The summed E-state index contributed by atoms with van der Waals surface area (Å²) in [7, 11) is 1.71. The fourth-order valence-corrected chi connectivity index (χ4v) is 2.89. The molecule has 3 heterocycles. The van der Waals surface area contributed by atoms with Gasteiger partial charge < -0.3 is 15.2 Å². The van der Waals surface area contributed by atoms with Gasteiger partial charge in [0, 0.05) is 36.8 Å². The standard InChI is InChI=1S/C17H18N4O/c1-4-9-21(3)17(22)15-10-14(11(2)20-15)12-5-7-18-16-13(12)6-8-19-16/h1,5-8,10-11,14,20H,9H2,2-3H3,(H,18,19). The van der Waals surface area contributed by atoms with Crippen molar-refractivity contribution in [3.05, 3.63) is 41.9 Å². The fourth-order valence-electron chi connectivity index (χ4n) is 2.89. The van der Waals surface area contributed by atoms with Crippen LogP contribution in [0.5, 0.6) is 0 Å². The second-order valence-electron chi connectivity index (χ2n) is 5.54. The largest absolute Gasteiger partial charge is 0.377 e. The first-order valence-electron chi connectivity index (χ1n) is 7.21. The average molecular weight is 294 g/mol.